The summed E-state index contributed by atoms with van der Waals surface area (Å²) in [5, 5.41) is 8.71. The zero-order chi connectivity index (χ0) is 19.2. The summed E-state index contributed by atoms with van der Waals surface area (Å²) in [4.78, 5) is 9.89. The van der Waals surface area contributed by atoms with Gasteiger partial charge in [0.05, 0.1) is 18.3 Å². The second-order valence-electron chi connectivity index (χ2n) is 6.55. The van der Waals surface area contributed by atoms with Crippen molar-refractivity contribution in [3.63, 3.8) is 0 Å². The van der Waals surface area contributed by atoms with E-state index in [-0.39, 0.29) is 6.10 Å². The van der Waals surface area contributed by atoms with Gasteiger partial charge in [-0.1, -0.05) is 19.1 Å². The molecule has 0 saturated heterocycles. The van der Waals surface area contributed by atoms with Crippen LogP contribution in [0.5, 0.6) is 5.75 Å². The zero-order valence-electron chi connectivity index (χ0n) is 16.3. The average molecular weight is 386 g/mol. The van der Waals surface area contributed by atoms with Gasteiger partial charge in [0.25, 0.3) is 0 Å². The maximum absolute atomic E-state index is 6.08. The summed E-state index contributed by atoms with van der Waals surface area (Å²) in [5.74, 6) is 1.67. The molecule has 7 heteroatoms. The molecule has 0 amide bonds. The third kappa shape index (κ3) is 5.01. The fourth-order valence-corrected chi connectivity index (χ4v) is 3.37. The van der Waals surface area contributed by atoms with E-state index in [0.717, 1.165) is 34.3 Å². The van der Waals surface area contributed by atoms with Crippen molar-refractivity contribution >= 4 is 22.3 Å². The summed E-state index contributed by atoms with van der Waals surface area (Å²) in [7, 11) is 1.77. The summed E-state index contributed by atoms with van der Waals surface area (Å²) in [5.41, 5.74) is 3.30. The lowest BCUT2D eigenvalue weighted by atomic mass is 10.1. The summed E-state index contributed by atoms with van der Waals surface area (Å²) in [6.07, 6.45) is 5.22. The second-order valence-corrected chi connectivity index (χ2v) is 7.43. The number of nitrogens with one attached hydrogen (secondary N) is 2. The van der Waals surface area contributed by atoms with Gasteiger partial charge in [0.1, 0.15) is 5.75 Å². The molecule has 2 heterocycles. The van der Waals surface area contributed by atoms with Crippen molar-refractivity contribution < 1.29 is 4.74 Å². The number of aromatic nitrogens is 2. The topological polar surface area (TPSA) is 63.0 Å². The van der Waals surface area contributed by atoms with Crippen molar-refractivity contribution in [3.8, 4) is 5.75 Å². The zero-order valence-corrected chi connectivity index (χ0v) is 17.1. The molecule has 0 aliphatic heterocycles. The Kier molecular flexibility index (Phi) is 6.34. The Labute approximate surface area is 164 Å². The van der Waals surface area contributed by atoms with E-state index in [1.807, 2.05) is 22.2 Å². The van der Waals surface area contributed by atoms with E-state index < -0.39 is 0 Å². The van der Waals surface area contributed by atoms with Crippen LogP contribution in [0.4, 0.5) is 0 Å². The second kappa shape index (κ2) is 8.90. The van der Waals surface area contributed by atoms with E-state index in [1.54, 1.807) is 18.4 Å². The van der Waals surface area contributed by atoms with Crippen LogP contribution >= 0.6 is 11.3 Å². The number of imidazole rings is 1. The monoisotopic (exact) mass is 385 g/mol. The number of benzene rings is 1. The minimum Gasteiger partial charge on any atom is -0.490 e. The lowest BCUT2D eigenvalue weighted by Gasteiger charge is -2.18. The van der Waals surface area contributed by atoms with E-state index in [2.05, 4.69) is 59.6 Å². The summed E-state index contributed by atoms with van der Waals surface area (Å²) in [6.45, 7) is 7.57. The molecule has 1 atom stereocenters. The van der Waals surface area contributed by atoms with Crippen LogP contribution in [0.15, 0.2) is 41.0 Å². The van der Waals surface area contributed by atoms with Gasteiger partial charge in [-0.15, -0.1) is 11.3 Å². The molecule has 6 nitrogen and oxygen atoms in total. The molecule has 0 fully saturated rings. The molecule has 0 aliphatic rings. The normalized spacial score (nSPS) is 13.0. The van der Waals surface area contributed by atoms with Crippen molar-refractivity contribution in [3.05, 3.63) is 52.8 Å². The van der Waals surface area contributed by atoms with E-state index in [9.17, 15) is 0 Å². The average Bonchev–Trinajstić information content (AvgIpc) is 3.24. The van der Waals surface area contributed by atoms with E-state index in [4.69, 9.17) is 4.74 Å². The van der Waals surface area contributed by atoms with Crippen LogP contribution in [0.1, 0.15) is 37.1 Å². The van der Waals surface area contributed by atoms with Crippen LogP contribution in [0.2, 0.25) is 0 Å². The maximum Gasteiger partial charge on any atom is 0.193 e. The highest BCUT2D eigenvalue weighted by molar-refractivity contribution is 7.15. The first-order chi connectivity index (χ1) is 13.1. The van der Waals surface area contributed by atoms with Gasteiger partial charge in [-0.05, 0) is 31.9 Å². The smallest absolute Gasteiger partial charge is 0.193 e. The first-order valence-electron chi connectivity index (χ1n) is 9.20. The van der Waals surface area contributed by atoms with Gasteiger partial charge in [-0.2, -0.15) is 0 Å². The number of hydrogen-bond donors (Lipinski definition) is 2. The molecule has 3 aromatic rings. The minimum atomic E-state index is 0.192. The molecule has 1 unspecified atom stereocenters. The van der Waals surface area contributed by atoms with Crippen molar-refractivity contribution in [2.45, 2.75) is 46.4 Å². The highest BCUT2D eigenvalue weighted by Gasteiger charge is 2.09. The molecule has 3 rings (SSSR count). The minimum absolute atomic E-state index is 0.192. The van der Waals surface area contributed by atoms with E-state index in [1.165, 1.54) is 5.56 Å². The number of guanidine groups is 1. The number of rotatable bonds is 7. The Morgan fingerprint density at radius 1 is 1.33 bits per heavy atom. The fourth-order valence-electron chi connectivity index (χ4n) is 2.65. The first-order valence-corrected chi connectivity index (χ1v) is 10.1. The molecule has 0 saturated carbocycles. The Morgan fingerprint density at radius 2 is 2.15 bits per heavy atom. The third-order valence-corrected chi connectivity index (χ3v) is 5.15. The number of ether oxygens (including phenoxy) is 1. The fraction of sp³-hybridized carbons (Fsp3) is 0.400. The van der Waals surface area contributed by atoms with E-state index in [0.29, 0.717) is 13.1 Å². The van der Waals surface area contributed by atoms with Crippen molar-refractivity contribution in [1.82, 2.24) is 20.0 Å². The SMILES string of the molecule is CCC(C)Oc1cc(C)ccc1CNC(=NC)NCc1cn2ccsc2n1. The Balaban J connectivity index is 1.59. The van der Waals surface area contributed by atoms with Gasteiger partial charge in [0.15, 0.2) is 10.9 Å². The predicted molar refractivity (Wildman–Crippen MR) is 112 cm³/mol. The molecule has 0 radical (unpaired) electrons. The molecule has 1 aromatic carbocycles. The van der Waals surface area contributed by atoms with Gasteiger partial charge in [0, 0.05) is 36.9 Å². The molecular formula is C20H27N5OS. The van der Waals surface area contributed by atoms with Gasteiger partial charge >= 0.3 is 0 Å². The number of aliphatic imine (C=N–C) groups is 1. The first kappa shape index (κ1) is 19.2. The lowest BCUT2D eigenvalue weighted by Crippen LogP contribution is -2.36. The molecule has 2 aromatic heterocycles. The summed E-state index contributed by atoms with van der Waals surface area (Å²) >= 11 is 1.63. The number of thiazole rings is 1. The van der Waals surface area contributed by atoms with Gasteiger partial charge in [0.2, 0.25) is 0 Å². The molecule has 2 N–H and O–H groups in total. The van der Waals surface area contributed by atoms with Gasteiger partial charge < -0.3 is 15.4 Å². The highest BCUT2D eigenvalue weighted by Crippen LogP contribution is 2.22. The highest BCUT2D eigenvalue weighted by atomic mass is 32.1. The molecular weight excluding hydrogens is 358 g/mol. The van der Waals surface area contributed by atoms with E-state index >= 15 is 0 Å². The largest absolute Gasteiger partial charge is 0.490 e. The standard InChI is InChI=1S/C20H27N5OS/c1-5-15(3)26-18-10-14(2)6-7-16(18)11-22-19(21-4)23-12-17-13-25-8-9-27-20(25)24-17/h6-10,13,15H,5,11-12H2,1-4H3,(H2,21,22,23). The molecule has 0 bridgehead atoms. The Hall–Kier alpha value is -2.54. The number of nitrogens with zero attached hydrogens (tertiary/aromatic N) is 3. The predicted octanol–water partition coefficient (Wildman–Crippen LogP) is 3.75. The molecule has 144 valence electrons. The summed E-state index contributed by atoms with van der Waals surface area (Å²) in [6, 6.07) is 6.31. The molecule has 27 heavy (non-hydrogen) atoms. The van der Waals surface area contributed by atoms with Crippen LogP contribution in [0.3, 0.4) is 0 Å². The lowest BCUT2D eigenvalue weighted by molar-refractivity contribution is 0.215. The third-order valence-electron chi connectivity index (χ3n) is 4.38. The van der Waals surface area contributed by atoms with Gasteiger partial charge in [-0.25, -0.2) is 4.98 Å². The quantitative estimate of drug-likeness (QED) is 0.480. The Morgan fingerprint density at radius 3 is 2.89 bits per heavy atom. The van der Waals surface area contributed by atoms with Crippen molar-refractivity contribution in [2.75, 3.05) is 7.05 Å². The van der Waals surface area contributed by atoms with Crippen LogP contribution < -0.4 is 15.4 Å². The number of aryl methyl sites for hydroxylation is 1. The van der Waals surface area contributed by atoms with Crippen molar-refractivity contribution in [1.29, 1.82) is 0 Å². The number of fused-ring (bicyclic) bond motifs is 1. The maximum atomic E-state index is 6.08. The van der Waals surface area contributed by atoms with Crippen LogP contribution in [-0.4, -0.2) is 28.5 Å². The Bertz CT molecular complexity index is 886. The van der Waals surface area contributed by atoms with Crippen LogP contribution in [0, 0.1) is 6.92 Å². The van der Waals surface area contributed by atoms with Crippen LogP contribution in [-0.2, 0) is 13.1 Å². The van der Waals surface area contributed by atoms with Crippen molar-refractivity contribution in [2.24, 2.45) is 4.99 Å². The molecule has 0 spiro atoms. The van der Waals surface area contributed by atoms with Gasteiger partial charge in [-0.3, -0.25) is 9.39 Å². The number of hydrogen-bond acceptors (Lipinski definition) is 4. The summed E-state index contributed by atoms with van der Waals surface area (Å²) < 4.78 is 8.11. The van der Waals surface area contributed by atoms with Crippen LogP contribution in [0.25, 0.3) is 4.96 Å². The molecule has 0 aliphatic carbocycles.